The first kappa shape index (κ1) is 9.94. The first-order valence-corrected chi connectivity index (χ1v) is 3.90. The highest BCUT2D eigenvalue weighted by Gasteiger charge is 2.37. The highest BCUT2D eigenvalue weighted by molar-refractivity contribution is 6.02. The van der Waals surface area contributed by atoms with Crippen molar-refractivity contribution >= 4 is 11.9 Å². The normalized spacial score (nSPS) is 17.8. The molecule has 1 fully saturated rings. The van der Waals surface area contributed by atoms with E-state index in [2.05, 4.69) is 0 Å². The van der Waals surface area contributed by atoms with E-state index < -0.39 is 25.3 Å². The molecule has 0 aromatic heterocycles. The molecule has 0 aromatic carbocycles. The number of amides is 3. The summed E-state index contributed by atoms with van der Waals surface area (Å²) in [6.07, 6.45) is 0. The van der Waals surface area contributed by atoms with Crippen molar-refractivity contribution in [2.24, 2.45) is 0 Å². The first-order valence-electron chi connectivity index (χ1n) is 3.90. The van der Waals surface area contributed by atoms with Crippen molar-refractivity contribution in [2.75, 3.05) is 26.8 Å². The zero-order valence-electron chi connectivity index (χ0n) is 7.30. The number of likely N-dealkylation sites (N-methyl/N-ethyl adjacent to an activating group) is 1. The fourth-order valence-electron chi connectivity index (χ4n) is 1.22. The maximum absolute atomic E-state index is 11.3. The van der Waals surface area contributed by atoms with Gasteiger partial charge < -0.3 is 15.1 Å². The Hall–Kier alpha value is -1.14. The molecule has 0 aliphatic carbocycles. The third kappa shape index (κ3) is 1.63. The lowest BCUT2D eigenvalue weighted by atomic mass is 10.3. The fourth-order valence-corrected chi connectivity index (χ4v) is 1.22. The predicted molar refractivity (Wildman–Crippen MR) is 42.8 cm³/mol. The summed E-state index contributed by atoms with van der Waals surface area (Å²) in [7, 11) is 1.49. The van der Waals surface area contributed by atoms with Crippen LogP contribution in [0.25, 0.3) is 0 Å². The second kappa shape index (κ2) is 3.71. The molecular weight excluding hydrogens is 176 g/mol. The predicted octanol–water partition coefficient (Wildman–Crippen LogP) is -1.77. The summed E-state index contributed by atoms with van der Waals surface area (Å²) >= 11 is 0. The van der Waals surface area contributed by atoms with Gasteiger partial charge in [0.15, 0.2) is 0 Å². The second-order valence-electron chi connectivity index (χ2n) is 2.92. The molecule has 13 heavy (non-hydrogen) atoms. The largest absolute Gasteiger partial charge is 0.394 e. The topological polar surface area (TPSA) is 81.1 Å². The van der Waals surface area contributed by atoms with Gasteiger partial charge in [0.1, 0.15) is 6.54 Å². The van der Waals surface area contributed by atoms with E-state index in [0.29, 0.717) is 0 Å². The standard InChI is InChI=1S/C7H12N2O4/c1-8-2-6(12)9(7(8)13)5(3-10)4-11/h5,10-11H,2-4H2,1H3. The van der Waals surface area contributed by atoms with Crippen molar-refractivity contribution in [3.8, 4) is 0 Å². The van der Waals surface area contributed by atoms with Crippen LogP contribution in [0.5, 0.6) is 0 Å². The van der Waals surface area contributed by atoms with E-state index >= 15 is 0 Å². The number of carbonyl (C=O) groups excluding carboxylic acids is 2. The summed E-state index contributed by atoms with van der Waals surface area (Å²) in [4.78, 5) is 24.6. The lowest BCUT2D eigenvalue weighted by Crippen LogP contribution is -2.45. The van der Waals surface area contributed by atoms with Crippen LogP contribution in [0.2, 0.25) is 0 Å². The van der Waals surface area contributed by atoms with E-state index in [0.717, 1.165) is 4.90 Å². The molecule has 0 atom stereocenters. The van der Waals surface area contributed by atoms with Crippen molar-refractivity contribution in [3.63, 3.8) is 0 Å². The molecule has 6 heteroatoms. The molecular formula is C7H12N2O4. The Morgan fingerprint density at radius 2 is 1.92 bits per heavy atom. The van der Waals surface area contributed by atoms with Crippen LogP contribution < -0.4 is 0 Å². The summed E-state index contributed by atoms with van der Waals surface area (Å²) in [5.74, 6) is -0.388. The fraction of sp³-hybridized carbons (Fsp3) is 0.714. The Labute approximate surface area is 75.4 Å². The maximum atomic E-state index is 11.3. The molecule has 1 saturated heterocycles. The minimum Gasteiger partial charge on any atom is -0.394 e. The molecule has 6 nitrogen and oxygen atoms in total. The smallest absolute Gasteiger partial charge is 0.327 e. The van der Waals surface area contributed by atoms with E-state index in [9.17, 15) is 9.59 Å². The molecule has 1 rings (SSSR count). The number of aliphatic hydroxyl groups is 2. The molecule has 0 aromatic rings. The summed E-state index contributed by atoms with van der Waals surface area (Å²) in [6.45, 7) is -0.820. The van der Waals surface area contributed by atoms with Crippen molar-refractivity contribution in [2.45, 2.75) is 6.04 Å². The van der Waals surface area contributed by atoms with E-state index in [-0.39, 0.29) is 12.5 Å². The molecule has 0 radical (unpaired) electrons. The van der Waals surface area contributed by atoms with Gasteiger partial charge in [-0.1, -0.05) is 0 Å². The molecule has 1 heterocycles. The van der Waals surface area contributed by atoms with E-state index in [1.807, 2.05) is 0 Å². The molecule has 1 aliphatic rings. The molecule has 2 N–H and O–H groups in total. The van der Waals surface area contributed by atoms with Crippen LogP contribution in [-0.2, 0) is 4.79 Å². The number of hydrogen-bond acceptors (Lipinski definition) is 4. The Morgan fingerprint density at radius 1 is 1.38 bits per heavy atom. The number of aliphatic hydroxyl groups excluding tert-OH is 2. The zero-order valence-corrected chi connectivity index (χ0v) is 7.30. The van der Waals surface area contributed by atoms with Crippen molar-refractivity contribution in [1.29, 1.82) is 0 Å². The highest BCUT2D eigenvalue weighted by atomic mass is 16.3. The minimum atomic E-state index is -0.815. The second-order valence-corrected chi connectivity index (χ2v) is 2.92. The van der Waals surface area contributed by atoms with Crippen LogP contribution in [0.1, 0.15) is 0 Å². The van der Waals surface area contributed by atoms with Crippen LogP contribution in [-0.4, -0.2) is 64.8 Å². The third-order valence-electron chi connectivity index (χ3n) is 1.96. The van der Waals surface area contributed by atoms with Crippen LogP contribution in [0.3, 0.4) is 0 Å². The van der Waals surface area contributed by atoms with Crippen LogP contribution in [0.15, 0.2) is 0 Å². The summed E-state index contributed by atoms with van der Waals surface area (Å²) in [5, 5.41) is 17.6. The SMILES string of the molecule is CN1CC(=O)N(C(CO)CO)C1=O. The van der Waals surface area contributed by atoms with E-state index in [4.69, 9.17) is 10.2 Å². The monoisotopic (exact) mass is 188 g/mol. The number of hydrogen-bond donors (Lipinski definition) is 2. The molecule has 74 valence electrons. The quantitative estimate of drug-likeness (QED) is 0.514. The van der Waals surface area contributed by atoms with E-state index in [1.165, 1.54) is 11.9 Å². The molecule has 0 bridgehead atoms. The Balaban J connectivity index is 2.78. The lowest BCUT2D eigenvalue weighted by molar-refractivity contribution is -0.128. The Bertz CT molecular complexity index is 227. The summed E-state index contributed by atoms with van der Waals surface area (Å²) in [5.41, 5.74) is 0. The van der Waals surface area contributed by atoms with Gasteiger partial charge >= 0.3 is 6.03 Å². The maximum Gasteiger partial charge on any atom is 0.327 e. The number of imide groups is 1. The average molecular weight is 188 g/mol. The number of carbonyl (C=O) groups is 2. The summed E-state index contributed by atoms with van der Waals surface area (Å²) in [6, 6.07) is -1.29. The Kier molecular flexibility index (Phi) is 2.84. The number of rotatable bonds is 3. The molecule has 3 amide bonds. The molecule has 0 saturated carbocycles. The van der Waals surface area contributed by atoms with Crippen LogP contribution in [0, 0.1) is 0 Å². The zero-order chi connectivity index (χ0) is 10.0. The third-order valence-corrected chi connectivity index (χ3v) is 1.96. The van der Waals surface area contributed by atoms with Crippen molar-refractivity contribution in [3.05, 3.63) is 0 Å². The van der Waals surface area contributed by atoms with E-state index in [1.54, 1.807) is 0 Å². The van der Waals surface area contributed by atoms with Gasteiger partial charge in [-0.3, -0.25) is 9.69 Å². The van der Waals surface area contributed by atoms with Gasteiger partial charge in [-0.25, -0.2) is 4.79 Å². The summed E-state index contributed by atoms with van der Waals surface area (Å²) < 4.78 is 0. The molecule has 0 spiro atoms. The van der Waals surface area contributed by atoms with Gasteiger partial charge in [0, 0.05) is 7.05 Å². The Morgan fingerprint density at radius 3 is 2.23 bits per heavy atom. The van der Waals surface area contributed by atoms with Crippen molar-refractivity contribution in [1.82, 2.24) is 9.80 Å². The number of nitrogens with zero attached hydrogens (tertiary/aromatic N) is 2. The van der Waals surface area contributed by atoms with Gasteiger partial charge in [-0.15, -0.1) is 0 Å². The van der Waals surface area contributed by atoms with Crippen LogP contribution in [0.4, 0.5) is 4.79 Å². The van der Waals surface area contributed by atoms with Gasteiger partial charge in [-0.05, 0) is 0 Å². The molecule has 0 unspecified atom stereocenters. The van der Waals surface area contributed by atoms with Gasteiger partial charge in [-0.2, -0.15) is 0 Å². The average Bonchev–Trinajstić information content (AvgIpc) is 2.34. The van der Waals surface area contributed by atoms with Gasteiger partial charge in [0.05, 0.1) is 19.3 Å². The van der Waals surface area contributed by atoms with Crippen molar-refractivity contribution < 1.29 is 19.8 Å². The first-order chi connectivity index (χ1) is 6.11. The van der Waals surface area contributed by atoms with Gasteiger partial charge in [0.25, 0.3) is 5.91 Å². The number of urea groups is 1. The highest BCUT2D eigenvalue weighted by Crippen LogP contribution is 2.11. The molecule has 1 aliphatic heterocycles. The minimum absolute atomic E-state index is 0.00926. The van der Waals surface area contributed by atoms with Crippen LogP contribution >= 0.6 is 0 Å². The lowest BCUT2D eigenvalue weighted by Gasteiger charge is -2.21. The van der Waals surface area contributed by atoms with Gasteiger partial charge in [0.2, 0.25) is 0 Å².